The van der Waals surface area contributed by atoms with Crippen molar-refractivity contribution in [2.24, 2.45) is 4.99 Å². The largest absolute Gasteiger partial charge is 0.452 e. The van der Waals surface area contributed by atoms with Crippen molar-refractivity contribution < 1.29 is 13.2 Å². The van der Waals surface area contributed by atoms with Crippen LogP contribution in [0.25, 0.3) is 5.69 Å². The second kappa shape index (κ2) is 6.34. The number of nitrogens with zero attached hydrogens (tertiary/aromatic N) is 4. The van der Waals surface area contributed by atoms with E-state index in [-0.39, 0.29) is 5.82 Å². The van der Waals surface area contributed by atoms with Crippen LogP contribution >= 0.6 is 34.2 Å². The van der Waals surface area contributed by atoms with E-state index in [9.17, 15) is 13.2 Å². The smallest absolute Gasteiger partial charge is 0.272 e. The fourth-order valence-corrected chi connectivity index (χ4v) is 3.63. The summed E-state index contributed by atoms with van der Waals surface area (Å²) in [6, 6.07) is 13.8. The summed E-state index contributed by atoms with van der Waals surface area (Å²) in [7, 11) is 0. The number of hydrogen-bond acceptors (Lipinski definition) is 3. The van der Waals surface area contributed by atoms with Crippen molar-refractivity contribution in [2.75, 3.05) is 0 Å². The zero-order valence-corrected chi connectivity index (χ0v) is 15.8. The molecule has 1 aliphatic heterocycles. The van der Waals surface area contributed by atoms with Gasteiger partial charge in [0.1, 0.15) is 0 Å². The van der Waals surface area contributed by atoms with Gasteiger partial charge in [0, 0.05) is 16.1 Å². The molecule has 1 atom stereocenters. The molecule has 0 saturated heterocycles. The molecule has 2 heterocycles. The monoisotopic (exact) mass is 488 g/mol. The zero-order valence-electron chi connectivity index (χ0n) is 12.9. The number of aromatic nitrogens is 3. The van der Waals surface area contributed by atoms with Gasteiger partial charge in [-0.3, -0.25) is 9.56 Å². The Bertz CT molecular complexity index is 1010. The predicted molar refractivity (Wildman–Crippen MR) is 100 cm³/mol. The Balaban J connectivity index is 2.00. The van der Waals surface area contributed by atoms with Crippen LogP contribution in [0, 0.1) is 0 Å². The van der Waals surface area contributed by atoms with Gasteiger partial charge in [0.15, 0.2) is 9.87 Å². The first kappa shape index (κ1) is 17.5. The van der Waals surface area contributed by atoms with E-state index in [1.807, 2.05) is 22.6 Å². The standard InChI is InChI=1S/C17H9ClF3IN4/c18-10-7-5-9(6-8-10)13-11-3-1-2-4-12(11)26-15(14(22)23-13)24-25-16(26)17(19,20)21/h1-8,14H. The van der Waals surface area contributed by atoms with Gasteiger partial charge in [-0.25, -0.2) is 0 Å². The van der Waals surface area contributed by atoms with Gasteiger partial charge in [-0.2, -0.15) is 13.2 Å². The van der Waals surface area contributed by atoms with Gasteiger partial charge < -0.3 is 0 Å². The molecule has 1 aromatic heterocycles. The average Bonchev–Trinajstić information content (AvgIpc) is 3.01. The third kappa shape index (κ3) is 2.90. The number of para-hydroxylation sites is 1. The Morgan fingerprint density at radius 1 is 1.00 bits per heavy atom. The van der Waals surface area contributed by atoms with E-state index in [0.29, 0.717) is 22.0 Å². The van der Waals surface area contributed by atoms with Gasteiger partial charge in [-0.15, -0.1) is 10.2 Å². The number of alkyl halides is 4. The molecule has 132 valence electrons. The van der Waals surface area contributed by atoms with Crippen LogP contribution in [0.3, 0.4) is 0 Å². The van der Waals surface area contributed by atoms with Gasteiger partial charge in [-0.1, -0.05) is 41.9 Å². The normalized spacial score (nSPS) is 16.5. The van der Waals surface area contributed by atoms with E-state index in [1.54, 1.807) is 48.5 Å². The van der Waals surface area contributed by atoms with Crippen LogP contribution in [0.2, 0.25) is 5.02 Å². The van der Waals surface area contributed by atoms with Crippen molar-refractivity contribution in [3.8, 4) is 5.69 Å². The van der Waals surface area contributed by atoms with Crippen LogP contribution in [-0.2, 0) is 6.18 Å². The van der Waals surface area contributed by atoms with Crippen LogP contribution in [0.4, 0.5) is 13.2 Å². The van der Waals surface area contributed by atoms with Crippen LogP contribution in [0.15, 0.2) is 53.5 Å². The van der Waals surface area contributed by atoms with E-state index in [2.05, 4.69) is 15.2 Å². The lowest BCUT2D eigenvalue weighted by atomic mass is 10.0. The van der Waals surface area contributed by atoms with Gasteiger partial charge >= 0.3 is 6.18 Å². The Kier molecular flexibility index (Phi) is 4.26. The average molecular weight is 489 g/mol. The molecule has 26 heavy (non-hydrogen) atoms. The molecule has 0 bridgehead atoms. The summed E-state index contributed by atoms with van der Waals surface area (Å²) in [6.07, 6.45) is -4.63. The molecule has 0 N–H and O–H groups in total. The number of rotatable bonds is 1. The van der Waals surface area contributed by atoms with Crippen molar-refractivity contribution in [3.05, 3.63) is 76.3 Å². The van der Waals surface area contributed by atoms with E-state index in [1.165, 1.54) is 0 Å². The summed E-state index contributed by atoms with van der Waals surface area (Å²) in [5, 5.41) is 7.70. The summed E-state index contributed by atoms with van der Waals surface area (Å²) in [5.41, 5.74) is 2.25. The molecule has 0 spiro atoms. The molecule has 1 aliphatic rings. The van der Waals surface area contributed by atoms with Crippen molar-refractivity contribution in [3.63, 3.8) is 0 Å². The maximum absolute atomic E-state index is 13.4. The third-order valence-electron chi connectivity index (χ3n) is 3.91. The first-order valence-corrected chi connectivity index (χ1v) is 9.08. The molecule has 0 fully saturated rings. The van der Waals surface area contributed by atoms with Crippen molar-refractivity contribution >= 4 is 39.9 Å². The minimum absolute atomic E-state index is 0.134. The minimum Gasteiger partial charge on any atom is -0.272 e. The van der Waals surface area contributed by atoms with Crippen LogP contribution < -0.4 is 0 Å². The van der Waals surface area contributed by atoms with Gasteiger partial charge in [0.2, 0.25) is 5.82 Å². The highest BCUT2D eigenvalue weighted by molar-refractivity contribution is 14.1. The summed E-state index contributed by atoms with van der Waals surface area (Å²) < 4.78 is 40.8. The molecule has 1 unspecified atom stereocenters. The summed E-state index contributed by atoms with van der Waals surface area (Å²) in [4.78, 5) is 4.62. The highest BCUT2D eigenvalue weighted by Gasteiger charge is 2.41. The summed E-state index contributed by atoms with van der Waals surface area (Å²) >= 11 is 7.91. The van der Waals surface area contributed by atoms with E-state index >= 15 is 0 Å². The molecule has 0 saturated carbocycles. The number of fused-ring (bicyclic) bond motifs is 3. The lowest BCUT2D eigenvalue weighted by Crippen LogP contribution is -2.16. The Morgan fingerprint density at radius 2 is 1.69 bits per heavy atom. The summed E-state index contributed by atoms with van der Waals surface area (Å²) in [6.45, 7) is 0. The highest BCUT2D eigenvalue weighted by Crippen LogP contribution is 2.38. The van der Waals surface area contributed by atoms with E-state index < -0.39 is 16.0 Å². The van der Waals surface area contributed by atoms with Gasteiger partial charge in [0.05, 0.1) is 11.4 Å². The molecular weight excluding hydrogens is 480 g/mol. The second-order valence-electron chi connectivity index (χ2n) is 5.55. The van der Waals surface area contributed by atoms with E-state index in [0.717, 1.165) is 10.1 Å². The maximum Gasteiger partial charge on any atom is 0.452 e. The number of halogens is 5. The first-order valence-electron chi connectivity index (χ1n) is 7.46. The first-order chi connectivity index (χ1) is 12.4. The fourth-order valence-electron chi connectivity index (χ4n) is 2.82. The van der Waals surface area contributed by atoms with Gasteiger partial charge in [0.25, 0.3) is 0 Å². The lowest BCUT2D eigenvalue weighted by molar-refractivity contribution is -0.146. The van der Waals surface area contributed by atoms with Crippen molar-refractivity contribution in [1.29, 1.82) is 0 Å². The Labute approximate surface area is 164 Å². The molecule has 4 nitrogen and oxygen atoms in total. The molecule has 9 heteroatoms. The number of hydrogen-bond donors (Lipinski definition) is 0. The molecule has 3 aromatic rings. The molecule has 4 rings (SSSR count). The Hall–Kier alpha value is -1.94. The highest BCUT2D eigenvalue weighted by atomic mass is 127. The molecule has 0 aliphatic carbocycles. The molecule has 0 amide bonds. The zero-order chi connectivity index (χ0) is 18.5. The topological polar surface area (TPSA) is 43.1 Å². The van der Waals surface area contributed by atoms with Crippen LogP contribution in [0.5, 0.6) is 0 Å². The quantitative estimate of drug-likeness (QED) is 0.268. The fraction of sp³-hybridized carbons (Fsp3) is 0.118. The Morgan fingerprint density at radius 3 is 2.38 bits per heavy atom. The van der Waals surface area contributed by atoms with E-state index in [4.69, 9.17) is 11.6 Å². The summed E-state index contributed by atoms with van der Waals surface area (Å²) in [5.74, 6) is -0.927. The van der Waals surface area contributed by atoms with Crippen molar-refractivity contribution in [2.45, 2.75) is 10.2 Å². The third-order valence-corrected chi connectivity index (χ3v) is 5.00. The predicted octanol–water partition coefficient (Wildman–Crippen LogP) is 5.22. The number of benzene rings is 2. The van der Waals surface area contributed by atoms with Gasteiger partial charge in [-0.05, 0) is 40.8 Å². The lowest BCUT2D eigenvalue weighted by Gasteiger charge is -2.14. The molecular formula is C17H9ClF3IN4. The van der Waals surface area contributed by atoms with Crippen LogP contribution in [0.1, 0.15) is 26.8 Å². The minimum atomic E-state index is -4.63. The van der Waals surface area contributed by atoms with Crippen molar-refractivity contribution in [1.82, 2.24) is 14.8 Å². The second-order valence-corrected chi connectivity index (χ2v) is 7.17. The SMILES string of the molecule is FC(F)(F)c1nnc2n1-c1ccccc1C(c1ccc(Cl)cc1)=NC2I. The maximum atomic E-state index is 13.4. The number of aliphatic imine (C=N–C) groups is 1. The molecule has 2 aromatic carbocycles. The van der Waals surface area contributed by atoms with Crippen LogP contribution in [-0.4, -0.2) is 20.5 Å². The molecule has 0 radical (unpaired) electrons.